The van der Waals surface area contributed by atoms with Crippen LogP contribution >= 0.6 is 0 Å². The predicted molar refractivity (Wildman–Crippen MR) is 88.8 cm³/mol. The Bertz CT molecular complexity index is 551. The highest BCUT2D eigenvalue weighted by Gasteiger charge is 2.36. The first-order valence-electron chi connectivity index (χ1n) is 7.61. The lowest BCUT2D eigenvalue weighted by Gasteiger charge is -2.39. The minimum atomic E-state index is -0.579. The molecule has 0 saturated carbocycles. The molecular formula is C19H27NO. The van der Waals surface area contributed by atoms with Gasteiger partial charge >= 0.3 is 0 Å². The Hall–Kier alpha value is -1.38. The van der Waals surface area contributed by atoms with Crippen molar-refractivity contribution in [2.75, 3.05) is 0 Å². The molecule has 0 bridgehead atoms. The maximum atomic E-state index is 10.6. The third-order valence-corrected chi connectivity index (χ3v) is 4.28. The van der Waals surface area contributed by atoms with Crippen LogP contribution in [0.25, 0.3) is 0 Å². The van der Waals surface area contributed by atoms with Gasteiger partial charge in [0.1, 0.15) is 6.23 Å². The van der Waals surface area contributed by atoms with Crippen LogP contribution in [0.4, 0.5) is 0 Å². The van der Waals surface area contributed by atoms with Crippen molar-refractivity contribution in [3.63, 3.8) is 0 Å². The van der Waals surface area contributed by atoms with Crippen molar-refractivity contribution in [3.8, 4) is 0 Å². The molecule has 0 aliphatic heterocycles. The molecule has 2 rings (SSSR count). The van der Waals surface area contributed by atoms with Crippen molar-refractivity contribution in [1.29, 1.82) is 0 Å². The van der Waals surface area contributed by atoms with Gasteiger partial charge in [0.2, 0.25) is 0 Å². The van der Waals surface area contributed by atoms with Gasteiger partial charge < -0.3 is 5.11 Å². The van der Waals surface area contributed by atoms with E-state index in [0.29, 0.717) is 0 Å². The van der Waals surface area contributed by atoms with E-state index in [0.717, 1.165) is 6.42 Å². The molecule has 0 radical (unpaired) electrons. The smallest absolute Gasteiger partial charge is 0.110 e. The molecule has 114 valence electrons. The zero-order chi connectivity index (χ0) is 15.7. The van der Waals surface area contributed by atoms with Gasteiger partial charge in [-0.15, -0.1) is 0 Å². The Kier molecular flexibility index (Phi) is 4.40. The second-order valence-corrected chi connectivity index (χ2v) is 7.29. The highest BCUT2D eigenvalue weighted by atomic mass is 16.3. The van der Waals surface area contributed by atoms with E-state index in [2.05, 4.69) is 55.6 Å². The number of aliphatic hydroxyl groups excluding tert-OH is 1. The van der Waals surface area contributed by atoms with Crippen LogP contribution in [-0.2, 0) is 5.54 Å². The predicted octanol–water partition coefficient (Wildman–Crippen LogP) is 4.13. The summed E-state index contributed by atoms with van der Waals surface area (Å²) < 4.78 is 0. The average molecular weight is 285 g/mol. The van der Waals surface area contributed by atoms with Gasteiger partial charge in [0.25, 0.3) is 0 Å². The zero-order valence-corrected chi connectivity index (χ0v) is 13.8. The summed E-state index contributed by atoms with van der Waals surface area (Å²) in [6.45, 7) is 10.4. The van der Waals surface area contributed by atoms with Crippen molar-refractivity contribution < 1.29 is 5.11 Å². The molecule has 0 aromatic heterocycles. The van der Waals surface area contributed by atoms with Gasteiger partial charge in [-0.1, -0.05) is 68.8 Å². The third kappa shape index (κ3) is 3.45. The molecule has 2 nitrogen and oxygen atoms in total. The lowest BCUT2D eigenvalue weighted by atomic mass is 9.81. The van der Waals surface area contributed by atoms with E-state index in [1.54, 1.807) is 0 Å². The van der Waals surface area contributed by atoms with E-state index in [1.807, 2.05) is 26.8 Å². The molecule has 0 saturated heterocycles. The van der Waals surface area contributed by atoms with E-state index in [1.165, 1.54) is 16.7 Å². The second-order valence-electron chi connectivity index (χ2n) is 7.29. The molecule has 0 fully saturated rings. The lowest BCUT2D eigenvalue weighted by molar-refractivity contribution is 0.0117. The quantitative estimate of drug-likeness (QED) is 0.815. The SMILES string of the molecule is CC1=CC=C(C(C)(NC(O)C(C)(C)C)c2ccccc2)C1. The van der Waals surface area contributed by atoms with Crippen LogP contribution < -0.4 is 5.32 Å². The first-order valence-corrected chi connectivity index (χ1v) is 7.61. The summed E-state index contributed by atoms with van der Waals surface area (Å²) >= 11 is 0. The lowest BCUT2D eigenvalue weighted by Crippen LogP contribution is -2.52. The monoisotopic (exact) mass is 285 g/mol. The molecule has 0 spiro atoms. The summed E-state index contributed by atoms with van der Waals surface area (Å²) in [6.07, 6.45) is 4.73. The Morgan fingerprint density at radius 2 is 1.67 bits per heavy atom. The fourth-order valence-electron chi connectivity index (χ4n) is 2.63. The number of benzene rings is 1. The summed E-state index contributed by atoms with van der Waals surface area (Å²) in [5.41, 5.74) is 3.27. The van der Waals surface area contributed by atoms with E-state index >= 15 is 0 Å². The van der Waals surface area contributed by atoms with Gasteiger partial charge in [-0.25, -0.2) is 0 Å². The van der Waals surface area contributed by atoms with Crippen LogP contribution in [0.5, 0.6) is 0 Å². The van der Waals surface area contributed by atoms with Gasteiger partial charge in [-0.05, 0) is 31.4 Å². The summed E-state index contributed by atoms with van der Waals surface area (Å²) in [4.78, 5) is 0. The number of nitrogens with one attached hydrogen (secondary N) is 1. The van der Waals surface area contributed by atoms with Gasteiger partial charge in [-0.3, -0.25) is 5.32 Å². The molecule has 1 aliphatic carbocycles. The molecule has 1 aromatic rings. The van der Waals surface area contributed by atoms with E-state index in [-0.39, 0.29) is 11.0 Å². The van der Waals surface area contributed by atoms with Gasteiger partial charge in [0.05, 0.1) is 5.54 Å². The van der Waals surface area contributed by atoms with Crippen LogP contribution in [0.15, 0.2) is 53.6 Å². The van der Waals surface area contributed by atoms with E-state index in [4.69, 9.17) is 0 Å². The zero-order valence-electron chi connectivity index (χ0n) is 13.8. The summed E-state index contributed by atoms with van der Waals surface area (Å²) in [7, 11) is 0. The Morgan fingerprint density at radius 1 is 1.05 bits per heavy atom. The van der Waals surface area contributed by atoms with Crippen molar-refractivity contribution >= 4 is 0 Å². The first-order chi connectivity index (χ1) is 9.73. The summed E-state index contributed by atoms with van der Waals surface area (Å²) in [5.74, 6) is 0. The molecule has 0 heterocycles. The topological polar surface area (TPSA) is 32.3 Å². The highest BCUT2D eigenvalue weighted by Crippen LogP contribution is 2.37. The second kappa shape index (κ2) is 5.78. The maximum absolute atomic E-state index is 10.6. The molecule has 1 aromatic carbocycles. The molecule has 2 heteroatoms. The minimum Gasteiger partial charge on any atom is -0.378 e. The average Bonchev–Trinajstić information content (AvgIpc) is 2.86. The standard InChI is InChI=1S/C19H27NO/c1-14-11-12-16(13-14)19(5,15-9-7-6-8-10-15)20-17(21)18(2,3)4/h6-12,17,20-21H,13H2,1-5H3. The minimum absolute atomic E-state index is 0.211. The van der Waals surface area contributed by atoms with Crippen molar-refractivity contribution in [1.82, 2.24) is 5.32 Å². The number of hydrogen-bond acceptors (Lipinski definition) is 2. The van der Waals surface area contributed by atoms with Crippen LogP contribution in [0.2, 0.25) is 0 Å². The largest absolute Gasteiger partial charge is 0.378 e. The van der Waals surface area contributed by atoms with Crippen molar-refractivity contribution in [2.45, 2.75) is 52.8 Å². The van der Waals surface area contributed by atoms with Gasteiger partial charge in [0.15, 0.2) is 0 Å². The van der Waals surface area contributed by atoms with Crippen LogP contribution in [0.3, 0.4) is 0 Å². The van der Waals surface area contributed by atoms with E-state index in [9.17, 15) is 5.11 Å². The van der Waals surface area contributed by atoms with Crippen LogP contribution in [-0.4, -0.2) is 11.3 Å². The normalized spacial score (nSPS) is 19.7. The maximum Gasteiger partial charge on any atom is 0.110 e. The number of hydrogen-bond donors (Lipinski definition) is 2. The fraction of sp³-hybridized carbons (Fsp3) is 0.474. The number of aliphatic hydroxyl groups is 1. The van der Waals surface area contributed by atoms with Crippen molar-refractivity contribution in [3.05, 3.63) is 59.2 Å². The molecule has 1 aliphatic rings. The Balaban J connectivity index is 2.36. The van der Waals surface area contributed by atoms with Gasteiger partial charge in [-0.2, -0.15) is 0 Å². The molecule has 21 heavy (non-hydrogen) atoms. The third-order valence-electron chi connectivity index (χ3n) is 4.28. The molecule has 2 atom stereocenters. The summed E-state index contributed by atoms with van der Waals surface area (Å²) in [6, 6.07) is 10.4. The van der Waals surface area contributed by atoms with Crippen LogP contribution in [0.1, 0.15) is 46.6 Å². The number of allylic oxidation sites excluding steroid dienone is 3. The first kappa shape index (κ1) is 16.0. The van der Waals surface area contributed by atoms with E-state index < -0.39 is 6.23 Å². The highest BCUT2D eigenvalue weighted by molar-refractivity contribution is 5.42. The molecule has 2 N–H and O–H groups in total. The molecule has 2 unspecified atom stereocenters. The Labute approximate surface area is 128 Å². The summed E-state index contributed by atoms with van der Waals surface area (Å²) in [5, 5.41) is 14.0. The fourth-order valence-corrected chi connectivity index (χ4v) is 2.63. The number of rotatable bonds is 4. The molecular weight excluding hydrogens is 258 g/mol. The van der Waals surface area contributed by atoms with Gasteiger partial charge in [0, 0.05) is 5.41 Å². The molecule has 0 amide bonds. The van der Waals surface area contributed by atoms with Crippen LogP contribution in [0, 0.1) is 5.41 Å². The Morgan fingerprint density at radius 3 is 2.14 bits per heavy atom. The van der Waals surface area contributed by atoms with Crippen molar-refractivity contribution in [2.24, 2.45) is 5.41 Å².